The molecule has 3 aliphatic carbocycles. The van der Waals surface area contributed by atoms with Gasteiger partial charge in [-0.05, 0) is 147 Å². The Labute approximate surface area is 343 Å². The first kappa shape index (κ1) is 41.1. The zero-order chi connectivity index (χ0) is 40.0. The zero-order valence-electron chi connectivity index (χ0n) is 33.1. The van der Waals surface area contributed by atoms with Gasteiger partial charge in [-0.1, -0.05) is 67.9 Å². The van der Waals surface area contributed by atoms with Crippen molar-refractivity contribution in [1.29, 1.82) is 0 Å². The summed E-state index contributed by atoms with van der Waals surface area (Å²) < 4.78 is 40.8. The SMILES string of the molecule is C[C@@H](COc1ccnc2c1[C@H](C)CCC2)CC1Cc2ccc(OCCCNS(=O)(=O)CCc3ccccc3)cc2C12CCC(Nc1cccc(Cl)c1)(C(=O)O)CC2. The Kier molecular flexibility index (Phi) is 12.8. The molecule has 0 saturated heterocycles. The lowest BCUT2D eigenvalue weighted by atomic mass is 9.59. The van der Waals surface area contributed by atoms with Crippen LogP contribution in [0.1, 0.15) is 99.1 Å². The first-order valence-electron chi connectivity index (χ1n) is 20.6. The second-order valence-corrected chi connectivity index (χ2v) is 19.0. The van der Waals surface area contributed by atoms with Gasteiger partial charge in [0, 0.05) is 34.7 Å². The number of fused-ring (bicyclic) bond motifs is 3. The molecule has 0 radical (unpaired) electrons. The van der Waals surface area contributed by atoms with Crippen LogP contribution in [0.2, 0.25) is 5.02 Å². The Morgan fingerprint density at radius 3 is 2.60 bits per heavy atom. The van der Waals surface area contributed by atoms with Gasteiger partial charge in [0.2, 0.25) is 10.0 Å². The van der Waals surface area contributed by atoms with E-state index in [9.17, 15) is 18.3 Å². The van der Waals surface area contributed by atoms with Crippen molar-refractivity contribution in [2.24, 2.45) is 11.8 Å². The zero-order valence-corrected chi connectivity index (χ0v) is 34.7. The van der Waals surface area contributed by atoms with Crippen LogP contribution in [-0.2, 0) is 39.5 Å². The van der Waals surface area contributed by atoms with E-state index in [-0.39, 0.29) is 17.1 Å². The molecule has 3 N–H and O–H groups in total. The fraction of sp³-hybridized carbons (Fsp3) is 0.478. The van der Waals surface area contributed by atoms with E-state index < -0.39 is 21.5 Å². The number of anilines is 1. The van der Waals surface area contributed by atoms with Crippen LogP contribution >= 0.6 is 11.6 Å². The quantitative estimate of drug-likeness (QED) is 0.0902. The molecule has 0 bridgehead atoms. The van der Waals surface area contributed by atoms with Crippen LogP contribution in [0.15, 0.2) is 85.1 Å². The lowest BCUT2D eigenvalue weighted by Gasteiger charge is -2.47. The summed E-state index contributed by atoms with van der Waals surface area (Å²) in [5.74, 6) is 1.91. The number of hydrogen-bond acceptors (Lipinski definition) is 7. The van der Waals surface area contributed by atoms with Gasteiger partial charge in [-0.2, -0.15) is 0 Å². The summed E-state index contributed by atoms with van der Waals surface area (Å²) in [6, 6.07) is 25.3. The number of nitrogens with zero attached hydrogens (tertiary/aromatic N) is 1. The van der Waals surface area contributed by atoms with Crippen molar-refractivity contribution in [3.05, 3.63) is 118 Å². The normalized spacial score (nSPS) is 23.4. The molecule has 3 atom stereocenters. The van der Waals surface area contributed by atoms with Crippen molar-refractivity contribution >= 4 is 33.3 Å². The summed E-state index contributed by atoms with van der Waals surface area (Å²) in [5, 5.41) is 14.6. The second kappa shape index (κ2) is 17.8. The number of aromatic nitrogens is 1. The van der Waals surface area contributed by atoms with Gasteiger partial charge < -0.3 is 19.9 Å². The molecule has 57 heavy (non-hydrogen) atoms. The van der Waals surface area contributed by atoms with Gasteiger partial charge in [0.25, 0.3) is 0 Å². The van der Waals surface area contributed by atoms with Crippen LogP contribution < -0.4 is 19.5 Å². The number of rotatable bonds is 17. The highest BCUT2D eigenvalue weighted by Crippen LogP contribution is 2.57. The summed E-state index contributed by atoms with van der Waals surface area (Å²) in [6.07, 6.45) is 10.4. The number of halogens is 1. The van der Waals surface area contributed by atoms with E-state index in [2.05, 4.69) is 41.0 Å². The van der Waals surface area contributed by atoms with Gasteiger partial charge in [-0.3, -0.25) is 4.98 Å². The second-order valence-electron chi connectivity index (χ2n) is 16.7. The molecule has 1 unspecified atom stereocenters. The molecular formula is C46H56ClN3O6S. The van der Waals surface area contributed by atoms with E-state index in [1.165, 1.54) is 16.7 Å². The number of carboxylic acids is 1. The average molecular weight is 814 g/mol. The Morgan fingerprint density at radius 2 is 1.82 bits per heavy atom. The van der Waals surface area contributed by atoms with Crippen molar-refractivity contribution in [2.75, 3.05) is 30.8 Å². The number of hydrogen-bond donors (Lipinski definition) is 3. The van der Waals surface area contributed by atoms with E-state index in [1.54, 1.807) is 12.1 Å². The number of aliphatic carboxylic acids is 1. The molecule has 1 spiro atoms. The number of pyridine rings is 1. The smallest absolute Gasteiger partial charge is 0.329 e. The molecule has 7 rings (SSSR count). The highest BCUT2D eigenvalue weighted by atomic mass is 35.5. The number of carboxylic acid groups (broad SMARTS) is 1. The van der Waals surface area contributed by atoms with Crippen LogP contribution in [0.3, 0.4) is 0 Å². The van der Waals surface area contributed by atoms with Gasteiger partial charge >= 0.3 is 5.97 Å². The lowest BCUT2D eigenvalue weighted by molar-refractivity contribution is -0.144. The standard InChI is InChI=1S/C46H56ClN3O6S/c1-32(31-56-42-17-24-48-41-14-6-9-33(2)43(41)42)27-36-28-35-15-16-39(55-25-8-23-49-57(53,54)26-18-34-10-4-3-5-11-34)30-40(35)45(36)19-21-46(22-20-45,44(51)52)50-38-13-7-12-37(47)29-38/h3-5,7,10-13,15-17,24,29-30,32-33,36,49-50H,6,8-9,14,18-23,25-28,31H2,1-2H3,(H,51,52)/t32-,33-,36?,45?,46?/m1/s1. The number of sulfonamides is 1. The molecule has 3 aliphatic rings. The third-order valence-electron chi connectivity index (χ3n) is 12.7. The third kappa shape index (κ3) is 9.61. The summed E-state index contributed by atoms with van der Waals surface area (Å²) >= 11 is 6.30. The maximum absolute atomic E-state index is 13.0. The van der Waals surface area contributed by atoms with Crippen molar-refractivity contribution < 1.29 is 27.8 Å². The van der Waals surface area contributed by atoms with Crippen molar-refractivity contribution in [1.82, 2.24) is 9.71 Å². The maximum Gasteiger partial charge on any atom is 0.329 e. The summed E-state index contributed by atoms with van der Waals surface area (Å²) in [7, 11) is -3.40. The fourth-order valence-corrected chi connectivity index (χ4v) is 10.9. The summed E-state index contributed by atoms with van der Waals surface area (Å²) in [4.78, 5) is 17.7. The molecule has 304 valence electrons. The molecular weight excluding hydrogens is 758 g/mol. The largest absolute Gasteiger partial charge is 0.494 e. The highest BCUT2D eigenvalue weighted by molar-refractivity contribution is 7.89. The number of ether oxygens (including phenoxy) is 2. The molecule has 0 amide bonds. The molecule has 1 heterocycles. The van der Waals surface area contributed by atoms with E-state index in [1.807, 2.05) is 60.8 Å². The molecule has 1 saturated carbocycles. The van der Waals surface area contributed by atoms with Gasteiger partial charge in [0.1, 0.15) is 17.0 Å². The van der Waals surface area contributed by atoms with Crippen LogP contribution in [0.4, 0.5) is 5.69 Å². The van der Waals surface area contributed by atoms with Crippen LogP contribution in [-0.4, -0.2) is 55.5 Å². The Morgan fingerprint density at radius 1 is 1.02 bits per heavy atom. The van der Waals surface area contributed by atoms with Crippen molar-refractivity contribution in [3.63, 3.8) is 0 Å². The maximum atomic E-state index is 13.0. The molecule has 3 aromatic carbocycles. The predicted octanol–water partition coefficient (Wildman–Crippen LogP) is 9.13. The Balaban J connectivity index is 1.04. The monoisotopic (exact) mass is 813 g/mol. The Bertz CT molecular complexity index is 2120. The average Bonchev–Trinajstić information content (AvgIpc) is 3.48. The number of nitrogens with one attached hydrogen (secondary N) is 2. The van der Waals surface area contributed by atoms with E-state index in [0.717, 1.165) is 54.9 Å². The minimum absolute atomic E-state index is 0.0410. The molecule has 9 nitrogen and oxygen atoms in total. The third-order valence-corrected chi connectivity index (χ3v) is 14.3. The van der Waals surface area contributed by atoms with Crippen molar-refractivity contribution in [2.45, 2.75) is 101 Å². The molecule has 1 aromatic heterocycles. The van der Waals surface area contributed by atoms with E-state index in [4.69, 9.17) is 21.1 Å². The number of benzene rings is 3. The first-order valence-corrected chi connectivity index (χ1v) is 22.6. The summed E-state index contributed by atoms with van der Waals surface area (Å²) in [6.45, 7) is 5.81. The highest BCUT2D eigenvalue weighted by Gasteiger charge is 2.54. The number of aryl methyl sites for hydroxylation is 2. The van der Waals surface area contributed by atoms with E-state index in [0.29, 0.717) is 80.8 Å². The number of carbonyl (C=O) groups is 1. The van der Waals surface area contributed by atoms with E-state index >= 15 is 0 Å². The molecule has 4 aromatic rings. The van der Waals surface area contributed by atoms with Gasteiger partial charge in [-0.15, -0.1) is 0 Å². The van der Waals surface area contributed by atoms with Crippen LogP contribution in [0.25, 0.3) is 0 Å². The van der Waals surface area contributed by atoms with Gasteiger partial charge in [0.05, 0.1) is 19.0 Å². The fourth-order valence-electron chi connectivity index (χ4n) is 9.63. The molecule has 0 aliphatic heterocycles. The Hall–Kier alpha value is -4.12. The van der Waals surface area contributed by atoms with Crippen molar-refractivity contribution in [3.8, 4) is 11.5 Å². The topological polar surface area (TPSA) is 127 Å². The van der Waals surface area contributed by atoms with Gasteiger partial charge in [0.15, 0.2) is 0 Å². The minimum atomic E-state index is -3.40. The summed E-state index contributed by atoms with van der Waals surface area (Å²) in [5.41, 5.74) is 5.32. The van der Waals surface area contributed by atoms with Gasteiger partial charge in [-0.25, -0.2) is 17.9 Å². The molecule has 1 fully saturated rings. The lowest BCUT2D eigenvalue weighted by Crippen LogP contribution is -2.53. The molecule has 11 heteroatoms. The van der Waals surface area contributed by atoms with Crippen LogP contribution in [0.5, 0.6) is 11.5 Å². The minimum Gasteiger partial charge on any atom is -0.494 e. The van der Waals surface area contributed by atoms with Crippen LogP contribution in [0, 0.1) is 11.8 Å². The predicted molar refractivity (Wildman–Crippen MR) is 226 cm³/mol. The first-order chi connectivity index (χ1) is 27.5.